The number of nitrogens with one attached hydrogen (secondary N) is 1. The van der Waals surface area contributed by atoms with Crippen molar-refractivity contribution in [3.63, 3.8) is 0 Å². The maximum atomic E-state index is 12.6. The fraction of sp³-hybridized carbons (Fsp3) is 0.312. The van der Waals surface area contributed by atoms with E-state index in [4.69, 9.17) is 14.2 Å². The van der Waals surface area contributed by atoms with E-state index in [1.807, 2.05) is 45.9 Å². The molecule has 9 heteroatoms. The van der Waals surface area contributed by atoms with Gasteiger partial charge in [-0.1, -0.05) is 19.9 Å². The highest BCUT2D eigenvalue weighted by Gasteiger charge is 2.36. The second-order valence-corrected chi connectivity index (χ2v) is 10.5. The van der Waals surface area contributed by atoms with Crippen molar-refractivity contribution < 1.29 is 33.4 Å². The third kappa shape index (κ3) is 7.94. The van der Waals surface area contributed by atoms with E-state index in [1.54, 1.807) is 48.5 Å². The molecule has 1 fully saturated rings. The van der Waals surface area contributed by atoms with E-state index >= 15 is 0 Å². The lowest BCUT2D eigenvalue weighted by molar-refractivity contribution is -0.151. The molecule has 0 spiro atoms. The fourth-order valence-electron chi connectivity index (χ4n) is 4.19. The molecule has 1 N–H and O–H groups in total. The van der Waals surface area contributed by atoms with Gasteiger partial charge in [0.25, 0.3) is 5.91 Å². The standard InChI is InChI=1S/C32H34N2O7/c1-20(2)18-39-31(37)23-6-8-25(9-7-23)33-29(35)19-40-32(38)24-16-30(36)34(17-24)26-10-13-27(14-11-26)41-28-12-5-21(3)22(4)15-28/h5-15,20,24H,16-19H2,1-4H3,(H,33,35)/t24-/m1/s1. The van der Waals surface area contributed by atoms with Crippen LogP contribution < -0.4 is 15.0 Å². The summed E-state index contributed by atoms with van der Waals surface area (Å²) in [7, 11) is 0. The van der Waals surface area contributed by atoms with E-state index < -0.39 is 30.4 Å². The van der Waals surface area contributed by atoms with E-state index in [0.29, 0.717) is 29.3 Å². The zero-order valence-corrected chi connectivity index (χ0v) is 23.6. The summed E-state index contributed by atoms with van der Waals surface area (Å²) in [5.74, 6) is -0.888. The number of hydrogen-bond donors (Lipinski definition) is 1. The van der Waals surface area contributed by atoms with Gasteiger partial charge in [-0.15, -0.1) is 0 Å². The van der Waals surface area contributed by atoms with Crippen LogP contribution in [0.2, 0.25) is 0 Å². The first kappa shape index (κ1) is 29.3. The van der Waals surface area contributed by atoms with Crippen LogP contribution in [0, 0.1) is 25.7 Å². The maximum absolute atomic E-state index is 12.6. The zero-order chi connectivity index (χ0) is 29.5. The highest BCUT2D eigenvalue weighted by Crippen LogP contribution is 2.29. The molecule has 3 aromatic carbocycles. The Labute approximate surface area is 239 Å². The molecule has 0 radical (unpaired) electrons. The number of benzene rings is 3. The van der Waals surface area contributed by atoms with Gasteiger partial charge in [-0.25, -0.2) is 4.79 Å². The monoisotopic (exact) mass is 558 g/mol. The van der Waals surface area contributed by atoms with Crippen LogP contribution in [0.25, 0.3) is 0 Å². The highest BCUT2D eigenvalue weighted by atomic mass is 16.5. The smallest absolute Gasteiger partial charge is 0.338 e. The van der Waals surface area contributed by atoms with Gasteiger partial charge < -0.3 is 24.4 Å². The second-order valence-electron chi connectivity index (χ2n) is 10.5. The van der Waals surface area contributed by atoms with E-state index in [2.05, 4.69) is 5.32 Å². The molecule has 0 bridgehead atoms. The van der Waals surface area contributed by atoms with E-state index in [1.165, 1.54) is 10.5 Å². The minimum absolute atomic E-state index is 0.00425. The molecular formula is C32H34N2O7. The van der Waals surface area contributed by atoms with Gasteiger partial charge >= 0.3 is 11.9 Å². The number of rotatable bonds is 10. The Morgan fingerprint density at radius 1 is 0.902 bits per heavy atom. The van der Waals surface area contributed by atoms with Crippen LogP contribution in [-0.4, -0.2) is 43.5 Å². The van der Waals surface area contributed by atoms with E-state index in [-0.39, 0.29) is 24.8 Å². The lowest BCUT2D eigenvalue weighted by atomic mass is 10.1. The number of hydrogen-bond acceptors (Lipinski definition) is 7. The van der Waals surface area contributed by atoms with Crippen LogP contribution in [0.3, 0.4) is 0 Å². The number of anilines is 2. The van der Waals surface area contributed by atoms with Gasteiger partial charge in [0.05, 0.1) is 18.1 Å². The molecule has 1 heterocycles. The topological polar surface area (TPSA) is 111 Å². The van der Waals surface area contributed by atoms with Crippen molar-refractivity contribution in [2.45, 2.75) is 34.1 Å². The average molecular weight is 559 g/mol. The number of carbonyl (C=O) groups is 4. The summed E-state index contributed by atoms with van der Waals surface area (Å²) in [4.78, 5) is 51.1. The Morgan fingerprint density at radius 3 is 2.24 bits per heavy atom. The van der Waals surface area contributed by atoms with Crippen molar-refractivity contribution in [1.29, 1.82) is 0 Å². The predicted molar refractivity (Wildman–Crippen MR) is 154 cm³/mol. The molecule has 214 valence electrons. The molecule has 1 saturated heterocycles. The summed E-state index contributed by atoms with van der Waals surface area (Å²) in [5.41, 5.74) is 3.77. The minimum atomic E-state index is -0.683. The summed E-state index contributed by atoms with van der Waals surface area (Å²) >= 11 is 0. The Hall–Kier alpha value is -4.66. The van der Waals surface area contributed by atoms with Crippen molar-refractivity contribution in [2.75, 3.05) is 30.0 Å². The average Bonchev–Trinajstić information content (AvgIpc) is 3.34. The first-order valence-electron chi connectivity index (χ1n) is 13.5. The minimum Gasteiger partial charge on any atom is -0.462 e. The van der Waals surface area contributed by atoms with Crippen LogP contribution in [0.1, 0.15) is 41.8 Å². The Balaban J connectivity index is 1.24. The molecule has 1 aliphatic heterocycles. The van der Waals surface area contributed by atoms with Crippen molar-refractivity contribution in [2.24, 2.45) is 11.8 Å². The van der Waals surface area contributed by atoms with Gasteiger partial charge in [0.15, 0.2) is 6.61 Å². The molecule has 1 aliphatic rings. The van der Waals surface area contributed by atoms with Crippen LogP contribution in [0.15, 0.2) is 66.7 Å². The molecule has 0 saturated carbocycles. The van der Waals surface area contributed by atoms with Gasteiger partial charge in [0.1, 0.15) is 11.5 Å². The third-order valence-electron chi connectivity index (χ3n) is 6.62. The van der Waals surface area contributed by atoms with Crippen molar-refractivity contribution in [3.05, 3.63) is 83.4 Å². The predicted octanol–water partition coefficient (Wildman–Crippen LogP) is 5.44. The molecule has 41 heavy (non-hydrogen) atoms. The quantitative estimate of drug-likeness (QED) is 0.330. The number of amides is 2. The van der Waals surface area contributed by atoms with E-state index in [9.17, 15) is 19.2 Å². The first-order chi connectivity index (χ1) is 19.6. The molecule has 9 nitrogen and oxygen atoms in total. The lowest BCUT2D eigenvalue weighted by Gasteiger charge is -2.17. The van der Waals surface area contributed by atoms with Crippen LogP contribution >= 0.6 is 0 Å². The SMILES string of the molecule is Cc1ccc(Oc2ccc(N3C[C@H](C(=O)OCC(=O)Nc4ccc(C(=O)OCC(C)C)cc4)CC3=O)cc2)cc1C. The molecule has 0 aromatic heterocycles. The molecule has 4 rings (SSSR count). The first-order valence-corrected chi connectivity index (χ1v) is 13.5. The summed E-state index contributed by atoms with van der Waals surface area (Å²) < 4.78 is 16.3. The number of carbonyl (C=O) groups excluding carboxylic acids is 4. The second kappa shape index (κ2) is 13.1. The number of esters is 2. The fourth-order valence-corrected chi connectivity index (χ4v) is 4.19. The number of nitrogens with zero attached hydrogens (tertiary/aromatic N) is 1. The zero-order valence-electron chi connectivity index (χ0n) is 23.6. The van der Waals surface area contributed by atoms with Gasteiger partial charge in [0.2, 0.25) is 5.91 Å². The van der Waals surface area contributed by atoms with Gasteiger partial charge in [-0.05, 0) is 91.6 Å². The highest BCUT2D eigenvalue weighted by molar-refractivity contribution is 6.00. The van der Waals surface area contributed by atoms with Crippen LogP contribution in [0.4, 0.5) is 11.4 Å². The number of ether oxygens (including phenoxy) is 3. The summed E-state index contributed by atoms with van der Waals surface area (Å²) in [5, 5.41) is 2.62. The Morgan fingerprint density at radius 2 is 1.59 bits per heavy atom. The number of aryl methyl sites for hydroxylation is 2. The molecule has 2 amide bonds. The van der Waals surface area contributed by atoms with Crippen LogP contribution in [-0.2, 0) is 23.9 Å². The summed E-state index contributed by atoms with van der Waals surface area (Å²) in [6.45, 7) is 7.94. The maximum Gasteiger partial charge on any atom is 0.338 e. The molecular weight excluding hydrogens is 524 g/mol. The van der Waals surface area contributed by atoms with Crippen molar-refractivity contribution in [1.82, 2.24) is 0 Å². The van der Waals surface area contributed by atoms with Crippen molar-refractivity contribution in [3.8, 4) is 11.5 Å². The molecule has 0 aliphatic carbocycles. The lowest BCUT2D eigenvalue weighted by Crippen LogP contribution is -2.28. The van der Waals surface area contributed by atoms with E-state index in [0.717, 1.165) is 11.3 Å². The van der Waals surface area contributed by atoms with Gasteiger partial charge in [-0.2, -0.15) is 0 Å². The molecule has 3 aromatic rings. The van der Waals surface area contributed by atoms with Crippen molar-refractivity contribution >= 4 is 35.1 Å². The van der Waals surface area contributed by atoms with Crippen LogP contribution in [0.5, 0.6) is 11.5 Å². The van der Waals surface area contributed by atoms with Gasteiger partial charge in [-0.3, -0.25) is 14.4 Å². The normalized spacial score (nSPS) is 14.6. The summed E-state index contributed by atoms with van der Waals surface area (Å²) in [6.07, 6.45) is -0.00425. The largest absolute Gasteiger partial charge is 0.462 e. The Kier molecular flexibility index (Phi) is 9.39. The summed E-state index contributed by atoms with van der Waals surface area (Å²) in [6, 6.07) is 19.2. The molecule has 1 atom stereocenters. The third-order valence-corrected chi connectivity index (χ3v) is 6.62. The van der Waals surface area contributed by atoms with Gasteiger partial charge in [0, 0.05) is 24.3 Å². The molecule has 0 unspecified atom stereocenters. The Bertz CT molecular complexity index is 1410.